The van der Waals surface area contributed by atoms with Gasteiger partial charge in [0.25, 0.3) is 0 Å². The Morgan fingerprint density at radius 2 is 1.88 bits per heavy atom. The predicted octanol–water partition coefficient (Wildman–Crippen LogP) is 3.09. The van der Waals surface area contributed by atoms with Crippen molar-refractivity contribution in [3.8, 4) is 0 Å². The topological polar surface area (TPSA) is 76.5 Å². The molecule has 0 aliphatic heterocycles. The van der Waals surface area contributed by atoms with Crippen molar-refractivity contribution in [1.82, 2.24) is 4.90 Å². The van der Waals surface area contributed by atoms with Gasteiger partial charge in [0.05, 0.1) is 0 Å². The number of hydrogen-bond donors (Lipinski definition) is 1. The molecule has 25 heavy (non-hydrogen) atoms. The number of benzene rings is 1. The smallest absolute Gasteiger partial charge is 0.248 e. The summed E-state index contributed by atoms with van der Waals surface area (Å²) in [6.07, 6.45) is 2.23. The molecule has 1 aromatic carbocycles. The van der Waals surface area contributed by atoms with Crippen LogP contribution in [0.25, 0.3) is 0 Å². The van der Waals surface area contributed by atoms with Gasteiger partial charge in [-0.05, 0) is 42.2 Å². The Bertz CT molecular complexity index is 764. The average Bonchev–Trinajstić information content (AvgIpc) is 3.14. The monoisotopic (exact) mass is 340 g/mol. The molecule has 0 unspecified atom stereocenters. The largest absolute Gasteiger partial charge is 0.466 e. The van der Waals surface area contributed by atoms with Crippen molar-refractivity contribution in [3.05, 3.63) is 59.0 Å². The van der Waals surface area contributed by atoms with E-state index in [4.69, 9.17) is 10.2 Å². The Labute approximate surface area is 147 Å². The zero-order chi connectivity index (χ0) is 18.0. The van der Waals surface area contributed by atoms with E-state index in [1.54, 1.807) is 24.1 Å². The minimum Gasteiger partial charge on any atom is -0.466 e. The fraction of sp³-hybridized carbons (Fsp3) is 0.400. The molecular weight excluding hydrogens is 316 g/mol. The van der Waals surface area contributed by atoms with E-state index < -0.39 is 5.91 Å². The van der Waals surface area contributed by atoms with Crippen molar-refractivity contribution in [2.75, 3.05) is 7.05 Å². The molecule has 132 valence electrons. The fourth-order valence-corrected chi connectivity index (χ4v) is 3.00. The number of carbonyl (C=O) groups is 2. The van der Waals surface area contributed by atoms with E-state index in [9.17, 15) is 9.59 Å². The van der Waals surface area contributed by atoms with E-state index in [1.165, 1.54) is 6.42 Å². The predicted molar refractivity (Wildman–Crippen MR) is 95.0 cm³/mol. The lowest BCUT2D eigenvalue weighted by molar-refractivity contribution is -0.130. The van der Waals surface area contributed by atoms with Crippen LogP contribution in [0.1, 0.15) is 53.1 Å². The molecule has 1 aliphatic carbocycles. The number of nitrogens with zero attached hydrogens (tertiary/aromatic N) is 1. The summed E-state index contributed by atoms with van der Waals surface area (Å²) in [6.45, 7) is 2.72. The van der Waals surface area contributed by atoms with Gasteiger partial charge in [-0.3, -0.25) is 9.59 Å². The molecule has 1 fully saturated rings. The van der Waals surface area contributed by atoms with Crippen LogP contribution in [0, 0.1) is 5.92 Å². The number of aryl methyl sites for hydroxylation is 1. The van der Waals surface area contributed by atoms with Crippen LogP contribution in [0.15, 0.2) is 40.8 Å². The van der Waals surface area contributed by atoms with Crippen molar-refractivity contribution >= 4 is 11.8 Å². The summed E-state index contributed by atoms with van der Waals surface area (Å²) in [5, 5.41) is 0. The van der Waals surface area contributed by atoms with Crippen LogP contribution in [0.4, 0.5) is 0 Å². The molecule has 3 rings (SSSR count). The second-order valence-corrected chi connectivity index (χ2v) is 6.93. The van der Waals surface area contributed by atoms with Crippen LogP contribution in [0.2, 0.25) is 0 Å². The molecule has 5 nitrogen and oxygen atoms in total. The van der Waals surface area contributed by atoms with Gasteiger partial charge in [-0.2, -0.15) is 0 Å². The summed E-state index contributed by atoms with van der Waals surface area (Å²) in [4.78, 5) is 25.1. The second kappa shape index (κ2) is 7.13. The minimum atomic E-state index is -0.450. The standard InChI is InChI=1S/C20H24N2O3/c1-13-11-17(13)18-9-7-16(25-18)8-10-19(23)22(2)12-14-3-5-15(6-4-14)20(21)24/h3-7,9,13,17H,8,10-12H2,1-2H3,(H2,21,24)/t13-,17-/m1/s1. The highest BCUT2D eigenvalue weighted by atomic mass is 16.3. The van der Waals surface area contributed by atoms with Gasteiger partial charge in [-0.1, -0.05) is 19.1 Å². The van der Waals surface area contributed by atoms with Crippen molar-refractivity contribution in [2.45, 2.75) is 38.6 Å². The molecule has 0 saturated heterocycles. The van der Waals surface area contributed by atoms with E-state index in [2.05, 4.69) is 6.92 Å². The highest BCUT2D eigenvalue weighted by molar-refractivity contribution is 5.92. The third kappa shape index (κ3) is 4.29. The molecule has 2 atom stereocenters. The summed E-state index contributed by atoms with van der Waals surface area (Å²) in [5.74, 6) is 2.83. The molecule has 1 saturated carbocycles. The van der Waals surface area contributed by atoms with Gasteiger partial charge in [0.15, 0.2) is 0 Å². The fourth-order valence-electron chi connectivity index (χ4n) is 3.00. The number of primary amides is 1. The Balaban J connectivity index is 1.48. The quantitative estimate of drug-likeness (QED) is 0.841. The van der Waals surface area contributed by atoms with Gasteiger partial charge in [0, 0.05) is 37.9 Å². The number of furan rings is 1. The maximum absolute atomic E-state index is 12.3. The van der Waals surface area contributed by atoms with Crippen molar-refractivity contribution in [3.63, 3.8) is 0 Å². The summed E-state index contributed by atoms with van der Waals surface area (Å²) < 4.78 is 5.85. The molecule has 1 aromatic heterocycles. The summed E-state index contributed by atoms with van der Waals surface area (Å²) in [6, 6.07) is 11.0. The first-order valence-corrected chi connectivity index (χ1v) is 8.65. The van der Waals surface area contributed by atoms with E-state index >= 15 is 0 Å². The van der Waals surface area contributed by atoms with Crippen LogP contribution in [0.5, 0.6) is 0 Å². The Morgan fingerprint density at radius 3 is 2.48 bits per heavy atom. The second-order valence-electron chi connectivity index (χ2n) is 6.93. The van der Waals surface area contributed by atoms with Crippen LogP contribution in [-0.4, -0.2) is 23.8 Å². The van der Waals surface area contributed by atoms with Gasteiger partial charge in [0.2, 0.25) is 11.8 Å². The molecule has 0 radical (unpaired) electrons. The Morgan fingerprint density at radius 1 is 1.20 bits per heavy atom. The number of hydrogen-bond acceptors (Lipinski definition) is 3. The normalized spacial score (nSPS) is 18.8. The zero-order valence-corrected chi connectivity index (χ0v) is 14.7. The van der Waals surface area contributed by atoms with Gasteiger partial charge in [-0.15, -0.1) is 0 Å². The van der Waals surface area contributed by atoms with E-state index in [0.29, 0.717) is 36.8 Å². The molecule has 0 bridgehead atoms. The molecule has 1 aliphatic rings. The Kier molecular flexibility index (Phi) is 4.93. The van der Waals surface area contributed by atoms with Gasteiger partial charge < -0.3 is 15.1 Å². The highest BCUT2D eigenvalue weighted by Gasteiger charge is 2.36. The lowest BCUT2D eigenvalue weighted by Crippen LogP contribution is -2.26. The van der Waals surface area contributed by atoms with Crippen molar-refractivity contribution in [1.29, 1.82) is 0 Å². The van der Waals surface area contributed by atoms with Crippen LogP contribution in [0.3, 0.4) is 0 Å². The average molecular weight is 340 g/mol. The van der Waals surface area contributed by atoms with Crippen LogP contribution in [-0.2, 0) is 17.8 Å². The first-order valence-electron chi connectivity index (χ1n) is 8.65. The molecule has 2 N–H and O–H groups in total. The first-order chi connectivity index (χ1) is 11.9. The van der Waals surface area contributed by atoms with Gasteiger partial charge in [-0.25, -0.2) is 0 Å². The van der Waals surface area contributed by atoms with Crippen LogP contribution >= 0.6 is 0 Å². The summed E-state index contributed by atoms with van der Waals surface area (Å²) in [7, 11) is 1.78. The zero-order valence-electron chi connectivity index (χ0n) is 14.7. The highest BCUT2D eigenvalue weighted by Crippen LogP contribution is 2.47. The first kappa shape index (κ1) is 17.3. The number of carbonyl (C=O) groups excluding carboxylic acids is 2. The number of amides is 2. The number of nitrogens with two attached hydrogens (primary N) is 1. The minimum absolute atomic E-state index is 0.0664. The summed E-state index contributed by atoms with van der Waals surface area (Å²) >= 11 is 0. The Hall–Kier alpha value is -2.56. The molecule has 2 aromatic rings. The van der Waals surface area contributed by atoms with Gasteiger partial charge >= 0.3 is 0 Å². The molecule has 1 heterocycles. The third-order valence-corrected chi connectivity index (χ3v) is 4.83. The summed E-state index contributed by atoms with van der Waals surface area (Å²) in [5.41, 5.74) is 6.66. The van der Waals surface area contributed by atoms with Crippen molar-refractivity contribution in [2.24, 2.45) is 11.7 Å². The van der Waals surface area contributed by atoms with Gasteiger partial charge in [0.1, 0.15) is 11.5 Å². The maximum Gasteiger partial charge on any atom is 0.248 e. The maximum atomic E-state index is 12.3. The molecular formula is C20H24N2O3. The lowest BCUT2D eigenvalue weighted by Gasteiger charge is -2.17. The molecule has 2 amide bonds. The van der Waals surface area contributed by atoms with Crippen LogP contribution < -0.4 is 5.73 Å². The van der Waals surface area contributed by atoms with Crippen molar-refractivity contribution < 1.29 is 14.0 Å². The third-order valence-electron chi connectivity index (χ3n) is 4.83. The molecule has 0 spiro atoms. The van der Waals surface area contributed by atoms with E-state index in [0.717, 1.165) is 17.1 Å². The number of rotatable bonds is 7. The van der Waals surface area contributed by atoms with E-state index in [1.807, 2.05) is 24.3 Å². The lowest BCUT2D eigenvalue weighted by atomic mass is 10.1. The van der Waals surface area contributed by atoms with E-state index in [-0.39, 0.29) is 5.91 Å². The SMILES string of the molecule is C[C@@H]1C[C@H]1c1ccc(CCC(=O)N(C)Cc2ccc(C(N)=O)cc2)o1. The molecule has 5 heteroatoms.